The largest absolute Gasteiger partial charge is 0.492 e. The van der Waals surface area contributed by atoms with E-state index in [0.29, 0.717) is 30.9 Å². The van der Waals surface area contributed by atoms with Crippen molar-refractivity contribution in [3.05, 3.63) is 53.6 Å². The van der Waals surface area contributed by atoms with Gasteiger partial charge in [-0.3, -0.25) is 9.59 Å². The highest BCUT2D eigenvalue weighted by Crippen LogP contribution is 2.48. The number of ether oxygens (including phenoxy) is 1. The molecule has 0 unspecified atom stereocenters. The quantitative estimate of drug-likeness (QED) is 0.771. The maximum Gasteiger partial charge on any atom is 0.240 e. The van der Waals surface area contributed by atoms with Gasteiger partial charge in [0.05, 0.1) is 12.3 Å². The van der Waals surface area contributed by atoms with E-state index in [1.807, 2.05) is 51.1 Å². The number of rotatable bonds is 6. The Balaban J connectivity index is 1.75. The smallest absolute Gasteiger partial charge is 0.240 e. The van der Waals surface area contributed by atoms with Crippen LogP contribution in [0.5, 0.6) is 5.75 Å². The number of nitrogens with one attached hydrogen (secondary N) is 2. The van der Waals surface area contributed by atoms with Crippen molar-refractivity contribution >= 4 is 23.2 Å². The summed E-state index contributed by atoms with van der Waals surface area (Å²) >= 11 is 0. The van der Waals surface area contributed by atoms with Crippen LogP contribution in [0.25, 0.3) is 0 Å². The van der Waals surface area contributed by atoms with E-state index < -0.39 is 5.41 Å². The highest BCUT2D eigenvalue weighted by Gasteiger charge is 2.56. The maximum absolute atomic E-state index is 12.8. The van der Waals surface area contributed by atoms with Gasteiger partial charge in [-0.2, -0.15) is 0 Å². The first-order valence-electron chi connectivity index (χ1n) is 8.89. The fourth-order valence-corrected chi connectivity index (χ4v) is 2.90. The van der Waals surface area contributed by atoms with E-state index in [-0.39, 0.29) is 11.8 Å². The lowest BCUT2D eigenvalue weighted by atomic mass is 10.0. The van der Waals surface area contributed by atoms with Crippen molar-refractivity contribution in [1.29, 1.82) is 0 Å². The molecular formula is C21H24N2O3. The number of carbonyl (C=O) groups excluding carboxylic acids is 2. The maximum atomic E-state index is 12.8. The first kappa shape index (κ1) is 18.0. The molecule has 0 spiro atoms. The Morgan fingerprint density at radius 3 is 2.23 bits per heavy atom. The van der Waals surface area contributed by atoms with Crippen LogP contribution in [0.4, 0.5) is 11.4 Å². The minimum atomic E-state index is -1.00. The summed E-state index contributed by atoms with van der Waals surface area (Å²) in [7, 11) is 0. The number of amides is 2. The van der Waals surface area contributed by atoms with E-state index in [1.54, 1.807) is 12.1 Å². The van der Waals surface area contributed by atoms with Gasteiger partial charge in [0.1, 0.15) is 11.2 Å². The average molecular weight is 352 g/mol. The Labute approximate surface area is 153 Å². The summed E-state index contributed by atoms with van der Waals surface area (Å²) in [6, 6.07) is 13.0. The molecule has 2 aromatic carbocycles. The average Bonchev–Trinajstić information content (AvgIpc) is 3.43. The Morgan fingerprint density at radius 1 is 0.962 bits per heavy atom. The van der Waals surface area contributed by atoms with E-state index in [9.17, 15) is 9.59 Å². The van der Waals surface area contributed by atoms with Crippen molar-refractivity contribution in [2.75, 3.05) is 17.2 Å². The molecule has 1 aliphatic rings. The van der Waals surface area contributed by atoms with Crippen molar-refractivity contribution in [3.8, 4) is 5.75 Å². The zero-order chi connectivity index (χ0) is 18.7. The van der Waals surface area contributed by atoms with Crippen LogP contribution in [0.1, 0.15) is 30.9 Å². The number of benzene rings is 2. The summed E-state index contributed by atoms with van der Waals surface area (Å²) < 4.78 is 5.54. The molecule has 5 nitrogen and oxygen atoms in total. The molecule has 0 bridgehead atoms. The Kier molecular flexibility index (Phi) is 4.98. The number of aryl methyl sites for hydroxylation is 1. The van der Waals surface area contributed by atoms with Gasteiger partial charge in [-0.05, 0) is 62.9 Å². The van der Waals surface area contributed by atoms with Crippen LogP contribution < -0.4 is 15.4 Å². The molecule has 1 aliphatic carbocycles. The van der Waals surface area contributed by atoms with E-state index in [1.165, 1.54) is 0 Å². The summed E-state index contributed by atoms with van der Waals surface area (Å²) in [6.45, 7) is 6.35. The summed E-state index contributed by atoms with van der Waals surface area (Å²) in [4.78, 5) is 25.6. The number of para-hydroxylation sites is 2. The Hall–Kier alpha value is -2.82. The minimum Gasteiger partial charge on any atom is -0.492 e. The van der Waals surface area contributed by atoms with Crippen molar-refractivity contribution < 1.29 is 14.3 Å². The molecule has 0 aliphatic heterocycles. The lowest BCUT2D eigenvalue weighted by Crippen LogP contribution is -2.36. The van der Waals surface area contributed by atoms with E-state index in [2.05, 4.69) is 10.6 Å². The van der Waals surface area contributed by atoms with Gasteiger partial charge < -0.3 is 15.4 Å². The van der Waals surface area contributed by atoms with Gasteiger partial charge in [0.15, 0.2) is 0 Å². The molecule has 5 heteroatoms. The molecule has 0 radical (unpaired) electrons. The summed E-state index contributed by atoms with van der Waals surface area (Å²) in [5, 5.41) is 5.80. The van der Waals surface area contributed by atoms with E-state index in [0.717, 1.165) is 16.8 Å². The van der Waals surface area contributed by atoms with Crippen LogP contribution in [0.15, 0.2) is 42.5 Å². The second-order valence-electron chi connectivity index (χ2n) is 6.67. The summed E-state index contributed by atoms with van der Waals surface area (Å²) in [6.07, 6.45) is 1.10. The van der Waals surface area contributed by atoms with Crippen LogP contribution in [0.3, 0.4) is 0 Å². The molecule has 2 amide bonds. The van der Waals surface area contributed by atoms with Crippen LogP contribution in [0, 0.1) is 19.3 Å². The zero-order valence-electron chi connectivity index (χ0n) is 15.4. The normalized spacial score (nSPS) is 14.4. The molecule has 1 saturated carbocycles. The van der Waals surface area contributed by atoms with Gasteiger partial charge in [-0.25, -0.2) is 0 Å². The monoisotopic (exact) mass is 352 g/mol. The third kappa shape index (κ3) is 3.43. The van der Waals surface area contributed by atoms with Crippen molar-refractivity contribution in [2.24, 2.45) is 5.41 Å². The van der Waals surface area contributed by atoms with Gasteiger partial charge in [-0.1, -0.05) is 24.3 Å². The first-order valence-corrected chi connectivity index (χ1v) is 8.89. The molecule has 1 fully saturated rings. The topological polar surface area (TPSA) is 67.4 Å². The van der Waals surface area contributed by atoms with Crippen LogP contribution >= 0.6 is 0 Å². The van der Waals surface area contributed by atoms with Crippen LogP contribution in [-0.4, -0.2) is 18.4 Å². The highest BCUT2D eigenvalue weighted by atomic mass is 16.5. The molecule has 0 aromatic heterocycles. The standard InChI is InChI=1S/C21H24N2O3/c1-4-26-18-11-6-5-9-17(18)23-20(25)21(12-13-21)19(24)22-16-10-7-8-14(2)15(16)3/h5-11H,4,12-13H2,1-3H3,(H,22,24)(H,23,25). The molecule has 0 atom stereocenters. The molecule has 0 heterocycles. The molecule has 3 rings (SSSR count). The SMILES string of the molecule is CCOc1ccccc1NC(=O)C1(C(=O)Nc2cccc(C)c2C)CC1. The molecule has 136 valence electrons. The molecule has 26 heavy (non-hydrogen) atoms. The van der Waals surface area contributed by atoms with Crippen molar-refractivity contribution in [2.45, 2.75) is 33.6 Å². The second kappa shape index (κ2) is 7.20. The van der Waals surface area contributed by atoms with Crippen LogP contribution in [-0.2, 0) is 9.59 Å². The summed E-state index contributed by atoms with van der Waals surface area (Å²) in [5.74, 6) is 0.0686. The summed E-state index contributed by atoms with van der Waals surface area (Å²) in [5.41, 5.74) is 2.45. The molecule has 2 N–H and O–H groups in total. The second-order valence-corrected chi connectivity index (χ2v) is 6.67. The third-order valence-corrected chi connectivity index (χ3v) is 4.91. The van der Waals surface area contributed by atoms with Crippen LogP contribution in [0.2, 0.25) is 0 Å². The lowest BCUT2D eigenvalue weighted by molar-refractivity contribution is -0.131. The lowest BCUT2D eigenvalue weighted by Gasteiger charge is -2.18. The Bertz CT molecular complexity index is 841. The third-order valence-electron chi connectivity index (χ3n) is 4.91. The fourth-order valence-electron chi connectivity index (χ4n) is 2.90. The van der Waals surface area contributed by atoms with Crippen molar-refractivity contribution in [3.63, 3.8) is 0 Å². The van der Waals surface area contributed by atoms with Crippen molar-refractivity contribution in [1.82, 2.24) is 0 Å². The van der Waals surface area contributed by atoms with Gasteiger partial charge in [0.2, 0.25) is 11.8 Å². The van der Waals surface area contributed by atoms with Gasteiger partial charge in [-0.15, -0.1) is 0 Å². The Morgan fingerprint density at radius 2 is 1.58 bits per heavy atom. The first-order chi connectivity index (χ1) is 12.5. The number of hydrogen-bond acceptors (Lipinski definition) is 3. The zero-order valence-corrected chi connectivity index (χ0v) is 15.4. The fraction of sp³-hybridized carbons (Fsp3) is 0.333. The highest BCUT2D eigenvalue weighted by molar-refractivity contribution is 6.17. The predicted octanol–water partition coefficient (Wildman–Crippen LogP) is 4.06. The molecule has 0 saturated heterocycles. The van der Waals surface area contributed by atoms with Gasteiger partial charge in [0.25, 0.3) is 0 Å². The van der Waals surface area contributed by atoms with E-state index in [4.69, 9.17) is 4.74 Å². The number of anilines is 2. The number of carbonyl (C=O) groups is 2. The van der Waals surface area contributed by atoms with Gasteiger partial charge in [0, 0.05) is 5.69 Å². The molecular weight excluding hydrogens is 328 g/mol. The predicted molar refractivity (Wildman–Crippen MR) is 102 cm³/mol. The number of hydrogen-bond donors (Lipinski definition) is 2. The minimum absolute atomic E-state index is 0.252. The van der Waals surface area contributed by atoms with E-state index >= 15 is 0 Å². The van der Waals surface area contributed by atoms with Gasteiger partial charge >= 0.3 is 0 Å². The molecule has 2 aromatic rings.